The van der Waals surface area contributed by atoms with E-state index in [1.807, 2.05) is 24.3 Å². The summed E-state index contributed by atoms with van der Waals surface area (Å²) in [6.45, 7) is 0. The molecule has 2 heterocycles. The van der Waals surface area contributed by atoms with E-state index in [0.29, 0.717) is 27.7 Å². The van der Waals surface area contributed by atoms with Gasteiger partial charge in [-0.25, -0.2) is 13.8 Å². The fourth-order valence-corrected chi connectivity index (χ4v) is 3.52. The van der Waals surface area contributed by atoms with Crippen molar-refractivity contribution in [1.82, 2.24) is 14.5 Å². The molecule has 5 aromatic rings. The zero-order valence-electron chi connectivity index (χ0n) is 13.9. The lowest BCUT2D eigenvalue weighted by Gasteiger charge is -2.12. The van der Waals surface area contributed by atoms with E-state index in [9.17, 15) is 13.9 Å². The molecule has 3 aromatic carbocycles. The van der Waals surface area contributed by atoms with Crippen molar-refractivity contribution in [2.24, 2.45) is 0 Å². The Morgan fingerprint density at radius 1 is 0.889 bits per heavy atom. The molecule has 0 aliphatic heterocycles. The van der Waals surface area contributed by atoms with Crippen LogP contribution >= 0.6 is 0 Å². The van der Waals surface area contributed by atoms with Crippen LogP contribution < -0.4 is 0 Å². The fourth-order valence-electron chi connectivity index (χ4n) is 3.52. The van der Waals surface area contributed by atoms with Crippen LogP contribution in [-0.4, -0.2) is 19.6 Å². The standard InChI is InChI=1S/C21H13F2N3O/c22-13-7-12(8-14(23)9-13)20-16-3-1-2-4-17(16)21(27)26(20)15-5-6-18-19(10-15)25-11-24-18/h1-11,27H,(H,24,25). The van der Waals surface area contributed by atoms with E-state index in [0.717, 1.165) is 17.1 Å². The van der Waals surface area contributed by atoms with Crippen LogP contribution in [0.2, 0.25) is 0 Å². The van der Waals surface area contributed by atoms with Crippen molar-refractivity contribution in [2.45, 2.75) is 0 Å². The van der Waals surface area contributed by atoms with Crippen molar-refractivity contribution in [3.8, 4) is 22.8 Å². The summed E-state index contributed by atoms with van der Waals surface area (Å²) in [7, 11) is 0. The zero-order chi connectivity index (χ0) is 18.5. The molecule has 6 heteroatoms. The van der Waals surface area contributed by atoms with E-state index in [1.54, 1.807) is 29.1 Å². The normalized spacial score (nSPS) is 11.5. The molecular weight excluding hydrogens is 348 g/mol. The molecule has 0 saturated heterocycles. The number of nitrogens with zero attached hydrogens (tertiary/aromatic N) is 2. The Hall–Kier alpha value is -3.67. The van der Waals surface area contributed by atoms with Gasteiger partial charge in [-0.05, 0) is 36.4 Å². The molecule has 27 heavy (non-hydrogen) atoms. The van der Waals surface area contributed by atoms with E-state index in [1.165, 1.54) is 12.1 Å². The van der Waals surface area contributed by atoms with Crippen LogP contribution in [0.5, 0.6) is 5.88 Å². The summed E-state index contributed by atoms with van der Waals surface area (Å²) in [6, 6.07) is 16.0. The van der Waals surface area contributed by atoms with Gasteiger partial charge in [0.05, 0.1) is 28.7 Å². The summed E-state index contributed by atoms with van der Waals surface area (Å²) in [6.07, 6.45) is 1.59. The Bertz CT molecular complexity index is 1300. The number of H-pyrrole nitrogens is 1. The quantitative estimate of drug-likeness (QED) is 0.456. The van der Waals surface area contributed by atoms with E-state index in [4.69, 9.17) is 0 Å². The van der Waals surface area contributed by atoms with Crippen LogP contribution in [-0.2, 0) is 0 Å². The highest BCUT2D eigenvalue weighted by Crippen LogP contribution is 2.40. The number of aromatic hydroxyl groups is 1. The van der Waals surface area contributed by atoms with Gasteiger partial charge in [0, 0.05) is 22.4 Å². The number of halogens is 2. The summed E-state index contributed by atoms with van der Waals surface area (Å²) in [5, 5.41) is 12.2. The van der Waals surface area contributed by atoms with E-state index in [-0.39, 0.29) is 5.88 Å². The molecule has 2 N–H and O–H groups in total. The largest absolute Gasteiger partial charge is 0.494 e. The summed E-state index contributed by atoms with van der Waals surface area (Å²) in [4.78, 5) is 7.23. The van der Waals surface area contributed by atoms with Crippen molar-refractivity contribution in [2.75, 3.05) is 0 Å². The first-order chi connectivity index (χ1) is 13.1. The van der Waals surface area contributed by atoms with Gasteiger partial charge >= 0.3 is 0 Å². The molecule has 0 fully saturated rings. The molecule has 132 valence electrons. The van der Waals surface area contributed by atoms with Gasteiger partial charge in [-0.1, -0.05) is 18.2 Å². The maximum atomic E-state index is 13.9. The summed E-state index contributed by atoms with van der Waals surface area (Å²) in [5.41, 5.74) is 3.09. The Morgan fingerprint density at radius 2 is 1.63 bits per heavy atom. The number of hydrogen-bond acceptors (Lipinski definition) is 2. The molecule has 0 radical (unpaired) electrons. The Labute approximate surface area is 152 Å². The van der Waals surface area contributed by atoms with Gasteiger partial charge in [0.1, 0.15) is 11.6 Å². The minimum atomic E-state index is -0.676. The van der Waals surface area contributed by atoms with Crippen molar-refractivity contribution < 1.29 is 13.9 Å². The highest BCUT2D eigenvalue weighted by Gasteiger charge is 2.20. The highest BCUT2D eigenvalue weighted by atomic mass is 19.1. The zero-order valence-corrected chi connectivity index (χ0v) is 13.9. The molecular formula is C21H13F2N3O. The average Bonchev–Trinajstić information content (AvgIpc) is 3.23. The Balaban J connectivity index is 1.89. The van der Waals surface area contributed by atoms with Crippen LogP contribution in [0.15, 0.2) is 67.0 Å². The smallest absolute Gasteiger partial charge is 0.204 e. The van der Waals surface area contributed by atoms with Crippen LogP contribution in [0.3, 0.4) is 0 Å². The number of rotatable bonds is 2. The number of aromatic nitrogens is 3. The monoisotopic (exact) mass is 361 g/mol. The molecule has 0 atom stereocenters. The first kappa shape index (κ1) is 15.6. The second kappa shape index (κ2) is 5.67. The van der Waals surface area contributed by atoms with Gasteiger partial charge in [0.2, 0.25) is 5.88 Å². The predicted molar refractivity (Wildman–Crippen MR) is 99.9 cm³/mol. The third-order valence-corrected chi connectivity index (χ3v) is 4.66. The van der Waals surface area contributed by atoms with Crippen LogP contribution in [0.4, 0.5) is 8.78 Å². The third kappa shape index (κ3) is 2.38. The second-order valence-electron chi connectivity index (χ2n) is 6.32. The minimum Gasteiger partial charge on any atom is -0.494 e. The molecule has 0 aliphatic carbocycles. The van der Waals surface area contributed by atoms with Crippen molar-refractivity contribution in [3.63, 3.8) is 0 Å². The first-order valence-electron chi connectivity index (χ1n) is 8.34. The topological polar surface area (TPSA) is 53.8 Å². The molecule has 0 saturated carbocycles. The molecule has 0 aliphatic rings. The second-order valence-corrected chi connectivity index (χ2v) is 6.32. The van der Waals surface area contributed by atoms with Crippen LogP contribution in [0.1, 0.15) is 0 Å². The first-order valence-corrected chi connectivity index (χ1v) is 8.34. The highest BCUT2D eigenvalue weighted by molar-refractivity contribution is 6.01. The molecule has 0 unspecified atom stereocenters. The average molecular weight is 361 g/mol. The lowest BCUT2D eigenvalue weighted by Crippen LogP contribution is -1.97. The van der Waals surface area contributed by atoms with Crippen LogP contribution in [0.25, 0.3) is 38.8 Å². The number of imidazole rings is 1. The summed E-state index contributed by atoms with van der Waals surface area (Å²) >= 11 is 0. The SMILES string of the molecule is Oc1c2ccccc2c(-c2cc(F)cc(F)c2)n1-c1ccc2nc[nH]c2c1. The van der Waals surface area contributed by atoms with Gasteiger partial charge in [-0.3, -0.25) is 4.57 Å². The van der Waals surface area contributed by atoms with Crippen molar-refractivity contribution in [1.29, 1.82) is 0 Å². The molecule has 0 spiro atoms. The number of hydrogen-bond donors (Lipinski definition) is 2. The number of aromatic amines is 1. The van der Waals surface area contributed by atoms with Crippen molar-refractivity contribution in [3.05, 3.63) is 78.6 Å². The maximum Gasteiger partial charge on any atom is 0.204 e. The molecule has 0 bridgehead atoms. The number of fused-ring (bicyclic) bond motifs is 2. The lowest BCUT2D eigenvalue weighted by atomic mass is 10.1. The van der Waals surface area contributed by atoms with E-state index in [2.05, 4.69) is 9.97 Å². The number of nitrogens with one attached hydrogen (secondary N) is 1. The molecule has 2 aromatic heterocycles. The fraction of sp³-hybridized carbons (Fsp3) is 0. The maximum absolute atomic E-state index is 13.9. The van der Waals surface area contributed by atoms with Gasteiger partial charge in [0.25, 0.3) is 0 Å². The van der Waals surface area contributed by atoms with Crippen LogP contribution in [0, 0.1) is 11.6 Å². The number of benzene rings is 3. The van der Waals surface area contributed by atoms with E-state index >= 15 is 0 Å². The Morgan fingerprint density at radius 3 is 2.41 bits per heavy atom. The minimum absolute atomic E-state index is 0.00383. The molecule has 0 amide bonds. The third-order valence-electron chi connectivity index (χ3n) is 4.66. The van der Waals surface area contributed by atoms with Gasteiger partial charge < -0.3 is 10.1 Å². The predicted octanol–water partition coefficient (Wildman–Crippen LogP) is 5.16. The van der Waals surface area contributed by atoms with Crippen molar-refractivity contribution >= 4 is 21.8 Å². The van der Waals surface area contributed by atoms with Gasteiger partial charge in [-0.2, -0.15) is 0 Å². The van der Waals surface area contributed by atoms with E-state index < -0.39 is 11.6 Å². The molecule has 5 rings (SSSR count). The summed E-state index contributed by atoms with van der Waals surface area (Å²) < 4.78 is 29.4. The summed E-state index contributed by atoms with van der Waals surface area (Å²) in [5.74, 6) is -1.35. The van der Waals surface area contributed by atoms with Gasteiger partial charge in [-0.15, -0.1) is 0 Å². The van der Waals surface area contributed by atoms with Gasteiger partial charge in [0.15, 0.2) is 0 Å². The Kier molecular flexibility index (Phi) is 3.27. The molecule has 4 nitrogen and oxygen atoms in total. The lowest BCUT2D eigenvalue weighted by molar-refractivity contribution is 0.449.